The number of aryl methyl sites for hydroxylation is 1. The van der Waals surface area contributed by atoms with E-state index in [-0.39, 0.29) is 24.9 Å². The number of rotatable bonds is 7. The fraction of sp³-hybridized carbons (Fsp3) is 0.400. The number of ether oxygens (including phenoxy) is 2. The van der Waals surface area contributed by atoms with Gasteiger partial charge in [-0.25, -0.2) is 4.79 Å². The highest BCUT2D eigenvalue weighted by atomic mass is 35.5. The van der Waals surface area contributed by atoms with E-state index in [1.54, 1.807) is 19.1 Å². The minimum Gasteiger partial charge on any atom is -0.491 e. The summed E-state index contributed by atoms with van der Waals surface area (Å²) >= 11 is 7.52. The molecule has 7 heteroatoms. The highest BCUT2D eigenvalue weighted by molar-refractivity contribution is 7.17. The molecule has 5 nitrogen and oxygen atoms in total. The lowest BCUT2D eigenvalue weighted by molar-refractivity contribution is -0.116. The Kier molecular flexibility index (Phi) is 6.74. The van der Waals surface area contributed by atoms with E-state index in [1.807, 2.05) is 12.1 Å². The van der Waals surface area contributed by atoms with Gasteiger partial charge in [-0.1, -0.05) is 23.7 Å². The average Bonchev–Trinajstić information content (AvgIpc) is 3.01. The van der Waals surface area contributed by atoms with Crippen molar-refractivity contribution >= 4 is 39.8 Å². The minimum atomic E-state index is -0.362. The standard InChI is InChI=1S/C20H22ClNO4S/c1-2-25-20(24)18-13-7-3-6-10-16(13)27-19(18)22-17(23)11-12-26-15-9-5-4-8-14(15)21/h4-5,8-9H,2-3,6-7,10-12H2,1H3,(H,22,23). The van der Waals surface area contributed by atoms with Gasteiger partial charge >= 0.3 is 5.97 Å². The monoisotopic (exact) mass is 407 g/mol. The lowest BCUT2D eigenvalue weighted by Crippen LogP contribution is -2.17. The molecule has 1 aromatic heterocycles. The number of thiophene rings is 1. The third kappa shape index (κ3) is 4.82. The van der Waals surface area contributed by atoms with Gasteiger partial charge in [0.15, 0.2) is 0 Å². The van der Waals surface area contributed by atoms with Crippen molar-refractivity contribution in [2.75, 3.05) is 18.5 Å². The van der Waals surface area contributed by atoms with Gasteiger partial charge in [0, 0.05) is 4.88 Å². The zero-order chi connectivity index (χ0) is 19.2. The quantitative estimate of drug-likeness (QED) is 0.665. The van der Waals surface area contributed by atoms with Crippen LogP contribution in [0.1, 0.15) is 47.0 Å². The molecule has 3 rings (SSSR count). The molecule has 1 aliphatic carbocycles. The second-order valence-corrected chi connectivity index (χ2v) is 7.72. The predicted molar refractivity (Wildman–Crippen MR) is 107 cm³/mol. The van der Waals surface area contributed by atoms with Crippen molar-refractivity contribution in [2.45, 2.75) is 39.0 Å². The number of carbonyl (C=O) groups is 2. The van der Waals surface area contributed by atoms with Crippen LogP contribution in [0.25, 0.3) is 0 Å². The highest BCUT2D eigenvalue weighted by Gasteiger charge is 2.27. The first kappa shape index (κ1) is 19.7. The summed E-state index contributed by atoms with van der Waals surface area (Å²) in [5.74, 6) is -0.0171. The molecule has 1 heterocycles. The Morgan fingerprint density at radius 1 is 1.22 bits per heavy atom. The Morgan fingerprint density at radius 2 is 2.00 bits per heavy atom. The van der Waals surface area contributed by atoms with Crippen LogP contribution in [0.2, 0.25) is 5.02 Å². The third-order valence-corrected chi connectivity index (χ3v) is 5.85. The van der Waals surface area contributed by atoms with E-state index in [9.17, 15) is 9.59 Å². The summed E-state index contributed by atoms with van der Waals surface area (Å²) < 4.78 is 10.8. The summed E-state index contributed by atoms with van der Waals surface area (Å²) in [6, 6.07) is 7.13. The molecule has 1 N–H and O–H groups in total. The normalized spacial score (nSPS) is 13.0. The van der Waals surface area contributed by atoms with Crippen LogP contribution < -0.4 is 10.1 Å². The lowest BCUT2D eigenvalue weighted by atomic mass is 9.95. The SMILES string of the molecule is CCOC(=O)c1c(NC(=O)CCOc2ccccc2Cl)sc2c1CCCC2. The number of nitrogens with one attached hydrogen (secondary N) is 1. The van der Waals surface area contributed by atoms with Gasteiger partial charge in [0.25, 0.3) is 0 Å². The first-order valence-electron chi connectivity index (χ1n) is 9.09. The van der Waals surface area contributed by atoms with Gasteiger partial charge in [-0.2, -0.15) is 0 Å². The number of hydrogen-bond donors (Lipinski definition) is 1. The van der Waals surface area contributed by atoms with Gasteiger partial charge in [0.2, 0.25) is 5.91 Å². The van der Waals surface area contributed by atoms with Crippen LogP contribution >= 0.6 is 22.9 Å². The molecule has 2 aromatic rings. The molecule has 1 aromatic carbocycles. The summed E-state index contributed by atoms with van der Waals surface area (Å²) in [6.45, 7) is 2.29. The van der Waals surface area contributed by atoms with Crippen LogP contribution in [0.3, 0.4) is 0 Å². The van der Waals surface area contributed by atoms with Crippen LogP contribution in [0.5, 0.6) is 5.75 Å². The molecule has 0 radical (unpaired) electrons. The van der Waals surface area contributed by atoms with Crippen molar-refractivity contribution in [1.82, 2.24) is 0 Å². The van der Waals surface area contributed by atoms with Gasteiger partial charge < -0.3 is 14.8 Å². The largest absolute Gasteiger partial charge is 0.491 e. The predicted octanol–water partition coefficient (Wildman–Crippen LogP) is 4.86. The zero-order valence-electron chi connectivity index (χ0n) is 15.2. The fourth-order valence-electron chi connectivity index (χ4n) is 3.08. The fourth-order valence-corrected chi connectivity index (χ4v) is 4.56. The van der Waals surface area contributed by atoms with Crippen LogP contribution in [-0.4, -0.2) is 25.1 Å². The second kappa shape index (κ2) is 9.24. The van der Waals surface area contributed by atoms with Crippen LogP contribution in [0, 0.1) is 0 Å². The lowest BCUT2D eigenvalue weighted by Gasteiger charge is -2.12. The first-order chi connectivity index (χ1) is 13.1. The maximum absolute atomic E-state index is 12.4. The van der Waals surface area contributed by atoms with E-state index in [0.717, 1.165) is 31.2 Å². The molecule has 0 aliphatic heterocycles. The number of carbonyl (C=O) groups excluding carboxylic acids is 2. The Balaban J connectivity index is 1.65. The third-order valence-electron chi connectivity index (χ3n) is 4.33. The average molecular weight is 408 g/mol. The number of amides is 1. The maximum Gasteiger partial charge on any atom is 0.341 e. The number of esters is 1. The molecule has 0 spiro atoms. The van der Waals surface area contributed by atoms with E-state index in [1.165, 1.54) is 16.2 Å². The van der Waals surface area contributed by atoms with Gasteiger partial charge in [-0.3, -0.25) is 4.79 Å². The molecule has 144 valence electrons. The molecule has 1 amide bonds. The number of anilines is 1. The number of halogens is 1. The molecule has 1 aliphatic rings. The molecule has 0 fully saturated rings. The second-order valence-electron chi connectivity index (χ2n) is 6.21. The van der Waals surface area contributed by atoms with Gasteiger partial charge in [-0.15, -0.1) is 11.3 Å². The molecular weight excluding hydrogens is 386 g/mol. The highest BCUT2D eigenvalue weighted by Crippen LogP contribution is 2.38. The Hall–Kier alpha value is -2.05. The Labute approximate surface area is 167 Å². The molecule has 0 saturated carbocycles. The summed E-state index contributed by atoms with van der Waals surface area (Å²) in [5.41, 5.74) is 1.56. The summed E-state index contributed by atoms with van der Waals surface area (Å²) in [7, 11) is 0. The van der Waals surface area contributed by atoms with E-state index < -0.39 is 0 Å². The van der Waals surface area contributed by atoms with Crippen molar-refractivity contribution in [1.29, 1.82) is 0 Å². The minimum absolute atomic E-state index is 0.163. The molecule has 27 heavy (non-hydrogen) atoms. The number of para-hydroxylation sites is 1. The molecular formula is C20H22ClNO4S. The summed E-state index contributed by atoms with van der Waals surface area (Å²) in [5, 5.41) is 3.97. The topological polar surface area (TPSA) is 64.6 Å². The smallest absolute Gasteiger partial charge is 0.341 e. The van der Waals surface area contributed by atoms with Crippen LogP contribution in [0.4, 0.5) is 5.00 Å². The van der Waals surface area contributed by atoms with Crippen molar-refractivity contribution in [3.05, 3.63) is 45.3 Å². The van der Waals surface area contributed by atoms with E-state index in [0.29, 0.717) is 27.9 Å². The van der Waals surface area contributed by atoms with Gasteiger partial charge in [0.05, 0.1) is 30.2 Å². The van der Waals surface area contributed by atoms with Crippen molar-refractivity contribution < 1.29 is 19.1 Å². The number of benzene rings is 1. The summed E-state index contributed by atoms with van der Waals surface area (Å²) in [4.78, 5) is 25.9. The Bertz CT molecular complexity index is 833. The van der Waals surface area contributed by atoms with Crippen molar-refractivity contribution in [3.63, 3.8) is 0 Å². The van der Waals surface area contributed by atoms with Crippen LogP contribution in [0.15, 0.2) is 24.3 Å². The van der Waals surface area contributed by atoms with E-state index >= 15 is 0 Å². The maximum atomic E-state index is 12.4. The van der Waals surface area contributed by atoms with Gasteiger partial charge in [0.1, 0.15) is 10.8 Å². The first-order valence-corrected chi connectivity index (χ1v) is 10.3. The molecule has 0 atom stereocenters. The Morgan fingerprint density at radius 3 is 2.78 bits per heavy atom. The van der Waals surface area contributed by atoms with Gasteiger partial charge in [-0.05, 0) is 50.3 Å². The van der Waals surface area contributed by atoms with E-state index in [2.05, 4.69) is 5.32 Å². The van der Waals surface area contributed by atoms with Crippen LogP contribution in [-0.2, 0) is 22.4 Å². The zero-order valence-corrected chi connectivity index (χ0v) is 16.8. The molecule has 0 bridgehead atoms. The summed E-state index contributed by atoms with van der Waals surface area (Å²) in [6.07, 6.45) is 4.11. The number of fused-ring (bicyclic) bond motifs is 1. The molecule has 0 saturated heterocycles. The van der Waals surface area contributed by atoms with Crippen molar-refractivity contribution in [3.8, 4) is 5.75 Å². The van der Waals surface area contributed by atoms with E-state index in [4.69, 9.17) is 21.1 Å². The van der Waals surface area contributed by atoms with Crippen molar-refractivity contribution in [2.24, 2.45) is 0 Å². The number of hydrogen-bond acceptors (Lipinski definition) is 5. The molecule has 0 unspecified atom stereocenters.